The smallest absolute Gasteiger partial charge is 0.200 e. The van der Waals surface area contributed by atoms with Gasteiger partial charge in [-0.1, -0.05) is 25.1 Å². The van der Waals surface area contributed by atoms with Gasteiger partial charge < -0.3 is 9.47 Å². The highest BCUT2D eigenvalue weighted by atomic mass is 19.2. The van der Waals surface area contributed by atoms with Crippen LogP contribution in [0.3, 0.4) is 0 Å². The first-order valence-electron chi connectivity index (χ1n) is 9.94. The van der Waals surface area contributed by atoms with Gasteiger partial charge in [0.05, 0.1) is 19.8 Å². The topological polar surface area (TPSA) is 18.5 Å². The number of rotatable bonds is 5. The maximum absolute atomic E-state index is 14.3. The Hall–Kier alpha value is -1.42. The normalized spacial score (nSPS) is 29.8. The molecule has 2 fully saturated rings. The lowest BCUT2D eigenvalue weighted by atomic mass is 9.75. The molecule has 1 aromatic rings. The highest BCUT2D eigenvalue weighted by molar-refractivity contribution is 5.33. The molecule has 0 N–H and O–H groups in total. The van der Waals surface area contributed by atoms with Crippen LogP contribution in [0, 0.1) is 23.5 Å². The summed E-state index contributed by atoms with van der Waals surface area (Å²) < 4.78 is 39.3. The monoisotopic (exact) mass is 364 g/mol. The van der Waals surface area contributed by atoms with Crippen LogP contribution in [0.2, 0.25) is 0 Å². The molecular weight excluding hydrogens is 334 g/mol. The summed E-state index contributed by atoms with van der Waals surface area (Å²) >= 11 is 0. The number of hydrogen-bond donors (Lipinski definition) is 0. The zero-order valence-corrected chi connectivity index (χ0v) is 15.8. The minimum atomic E-state index is -0.867. The van der Waals surface area contributed by atoms with Crippen LogP contribution in [0.25, 0.3) is 0 Å². The summed E-state index contributed by atoms with van der Waals surface area (Å²) in [5.74, 6) is -0.439. The van der Waals surface area contributed by atoms with Crippen LogP contribution >= 0.6 is 0 Å². The lowest BCUT2D eigenvalue weighted by Crippen LogP contribution is -2.33. The molecule has 26 heavy (non-hydrogen) atoms. The molecule has 2 atom stereocenters. The van der Waals surface area contributed by atoms with Crippen molar-refractivity contribution in [3.8, 4) is 5.75 Å². The molecular formula is C22H30F2O2. The first-order valence-corrected chi connectivity index (χ1v) is 9.94. The summed E-state index contributed by atoms with van der Waals surface area (Å²) in [4.78, 5) is 0. The lowest BCUT2D eigenvalue weighted by molar-refractivity contribution is -0.0471. The van der Waals surface area contributed by atoms with E-state index in [9.17, 15) is 8.78 Å². The summed E-state index contributed by atoms with van der Waals surface area (Å²) in [5.41, 5.74) is 0.496. The van der Waals surface area contributed by atoms with Gasteiger partial charge in [-0.3, -0.25) is 0 Å². The fourth-order valence-electron chi connectivity index (χ4n) is 4.47. The largest absolute Gasteiger partial charge is 0.494 e. The molecule has 1 aliphatic carbocycles. The van der Waals surface area contributed by atoms with Gasteiger partial charge in [-0.2, -0.15) is 4.39 Å². The van der Waals surface area contributed by atoms with Crippen LogP contribution < -0.4 is 4.74 Å². The van der Waals surface area contributed by atoms with Gasteiger partial charge in [0.15, 0.2) is 11.6 Å². The maximum Gasteiger partial charge on any atom is 0.200 e. The second kappa shape index (κ2) is 8.98. The Morgan fingerprint density at radius 3 is 2.46 bits per heavy atom. The molecule has 3 rings (SSSR count). The summed E-state index contributed by atoms with van der Waals surface area (Å²) in [5, 5.41) is 0. The van der Waals surface area contributed by atoms with Gasteiger partial charge >= 0.3 is 0 Å². The first-order chi connectivity index (χ1) is 12.6. The molecule has 1 aliphatic heterocycles. The molecule has 144 valence electrons. The molecule has 1 saturated heterocycles. The third kappa shape index (κ3) is 4.28. The summed E-state index contributed by atoms with van der Waals surface area (Å²) in [6.45, 7) is 2.97. The third-order valence-corrected chi connectivity index (χ3v) is 6.02. The van der Waals surface area contributed by atoms with Gasteiger partial charge in [-0.25, -0.2) is 4.39 Å². The van der Waals surface area contributed by atoms with Crippen LogP contribution in [0.5, 0.6) is 5.75 Å². The van der Waals surface area contributed by atoms with E-state index >= 15 is 0 Å². The zero-order valence-electron chi connectivity index (χ0n) is 15.8. The molecule has 2 nitrogen and oxygen atoms in total. The molecule has 0 bridgehead atoms. The lowest BCUT2D eigenvalue weighted by Gasteiger charge is -2.37. The van der Waals surface area contributed by atoms with E-state index in [1.165, 1.54) is 19.6 Å². The van der Waals surface area contributed by atoms with Crippen molar-refractivity contribution < 1.29 is 18.3 Å². The third-order valence-electron chi connectivity index (χ3n) is 6.02. The molecule has 0 amide bonds. The fourth-order valence-corrected chi connectivity index (χ4v) is 4.47. The Bertz CT molecular complexity index is 613. The Morgan fingerprint density at radius 1 is 1.08 bits per heavy atom. The molecule has 4 heteroatoms. The number of ether oxygens (including phenoxy) is 2. The number of allylic oxidation sites excluding steroid dienone is 1. The minimum absolute atomic E-state index is 0.0257. The van der Waals surface area contributed by atoms with Crippen LogP contribution in [0.15, 0.2) is 24.3 Å². The molecule has 2 unspecified atom stereocenters. The Morgan fingerprint density at radius 2 is 1.85 bits per heavy atom. The van der Waals surface area contributed by atoms with Gasteiger partial charge in [0, 0.05) is 5.92 Å². The molecule has 0 aromatic heterocycles. The highest BCUT2D eigenvalue weighted by Gasteiger charge is 2.32. The van der Waals surface area contributed by atoms with E-state index in [1.54, 1.807) is 6.07 Å². The Labute approximate surface area is 155 Å². The van der Waals surface area contributed by atoms with Crippen molar-refractivity contribution in [2.45, 2.75) is 63.9 Å². The van der Waals surface area contributed by atoms with E-state index in [0.717, 1.165) is 45.1 Å². The highest BCUT2D eigenvalue weighted by Crippen LogP contribution is 2.41. The van der Waals surface area contributed by atoms with Crippen LogP contribution in [0.1, 0.15) is 63.4 Å². The van der Waals surface area contributed by atoms with E-state index in [-0.39, 0.29) is 11.7 Å². The Kier molecular flexibility index (Phi) is 6.68. The van der Waals surface area contributed by atoms with E-state index < -0.39 is 11.6 Å². The van der Waals surface area contributed by atoms with Gasteiger partial charge in [0.1, 0.15) is 0 Å². The van der Waals surface area contributed by atoms with Crippen molar-refractivity contribution in [2.75, 3.05) is 13.7 Å². The first kappa shape index (κ1) is 19.3. The molecule has 0 radical (unpaired) electrons. The standard InChI is InChI=1S/C22H30F2O2/c1-3-4-5-15-6-12-19(26-14-15)17-9-7-16(8-10-17)18-11-13-20(25-2)22(24)21(18)23/h4-5,11,13,15-17,19H,3,6-10,12,14H2,1-2H3/b5-4+. The van der Waals surface area contributed by atoms with Crippen molar-refractivity contribution in [2.24, 2.45) is 11.8 Å². The van der Waals surface area contributed by atoms with Crippen molar-refractivity contribution in [1.82, 2.24) is 0 Å². The second-order valence-electron chi connectivity index (χ2n) is 7.64. The average molecular weight is 364 g/mol. The van der Waals surface area contributed by atoms with Crippen molar-refractivity contribution in [1.29, 1.82) is 0 Å². The van der Waals surface area contributed by atoms with Crippen molar-refractivity contribution in [3.05, 3.63) is 41.5 Å². The van der Waals surface area contributed by atoms with E-state index in [1.807, 2.05) is 0 Å². The molecule has 1 heterocycles. The van der Waals surface area contributed by atoms with Gasteiger partial charge in [0.25, 0.3) is 0 Å². The number of halogens is 2. The fraction of sp³-hybridized carbons (Fsp3) is 0.636. The van der Waals surface area contributed by atoms with E-state index in [4.69, 9.17) is 9.47 Å². The van der Waals surface area contributed by atoms with Crippen molar-refractivity contribution in [3.63, 3.8) is 0 Å². The summed E-state index contributed by atoms with van der Waals surface area (Å²) in [7, 11) is 1.36. The predicted octanol–water partition coefficient (Wildman–Crippen LogP) is 6.01. The zero-order chi connectivity index (χ0) is 18.5. The van der Waals surface area contributed by atoms with E-state index in [0.29, 0.717) is 23.5 Å². The molecule has 1 aromatic carbocycles. The predicted molar refractivity (Wildman–Crippen MR) is 99.5 cm³/mol. The Balaban J connectivity index is 1.54. The second-order valence-corrected chi connectivity index (χ2v) is 7.64. The van der Waals surface area contributed by atoms with Gasteiger partial charge in [-0.15, -0.1) is 0 Å². The van der Waals surface area contributed by atoms with Crippen molar-refractivity contribution >= 4 is 0 Å². The van der Waals surface area contributed by atoms with Gasteiger partial charge in [0.2, 0.25) is 5.82 Å². The number of benzene rings is 1. The summed E-state index contributed by atoms with van der Waals surface area (Å²) in [6, 6.07) is 3.22. The van der Waals surface area contributed by atoms with Gasteiger partial charge in [-0.05, 0) is 68.4 Å². The van der Waals surface area contributed by atoms with Crippen LogP contribution in [-0.4, -0.2) is 19.8 Å². The SMILES string of the molecule is CC/C=C/C1CCC(C2CCC(c3ccc(OC)c(F)c3F)CC2)OC1. The minimum Gasteiger partial charge on any atom is -0.494 e. The van der Waals surface area contributed by atoms with Crippen LogP contribution in [0.4, 0.5) is 8.78 Å². The maximum atomic E-state index is 14.3. The van der Waals surface area contributed by atoms with Crippen LogP contribution in [-0.2, 0) is 4.74 Å². The quantitative estimate of drug-likeness (QED) is 0.596. The molecule has 0 spiro atoms. The molecule has 1 saturated carbocycles. The number of methoxy groups -OCH3 is 1. The molecule has 2 aliphatic rings. The average Bonchev–Trinajstić information content (AvgIpc) is 2.69. The van der Waals surface area contributed by atoms with E-state index in [2.05, 4.69) is 19.1 Å². The number of hydrogen-bond acceptors (Lipinski definition) is 2. The summed E-state index contributed by atoms with van der Waals surface area (Å²) in [6.07, 6.45) is 12.1.